The minimum Gasteiger partial charge on any atom is -0.229 e. The summed E-state index contributed by atoms with van der Waals surface area (Å²) in [6.07, 6.45) is 4.80. The van der Waals surface area contributed by atoms with Crippen LogP contribution in [0.25, 0.3) is 0 Å². The summed E-state index contributed by atoms with van der Waals surface area (Å²) >= 11 is 5.87. The molecule has 74 valence electrons. The lowest BCUT2D eigenvalue weighted by atomic mass is 10.2. The maximum absolute atomic E-state index is 10.7. The summed E-state index contributed by atoms with van der Waals surface area (Å²) < 4.78 is 21.4. The molecule has 0 saturated heterocycles. The Morgan fingerprint density at radius 2 is 1.92 bits per heavy atom. The lowest BCUT2D eigenvalue weighted by Crippen LogP contribution is -2.04. The van der Waals surface area contributed by atoms with Crippen molar-refractivity contribution in [1.29, 1.82) is 0 Å². The summed E-state index contributed by atoms with van der Waals surface area (Å²) in [4.78, 5) is 0. The molecule has 0 N–H and O–H groups in total. The first-order valence-corrected chi connectivity index (χ1v) is 6.77. The smallest absolute Gasteiger partial charge is 0.147 e. The van der Waals surface area contributed by atoms with Crippen molar-refractivity contribution in [3.8, 4) is 0 Å². The van der Waals surface area contributed by atoms with Crippen LogP contribution in [0.4, 0.5) is 0 Å². The van der Waals surface area contributed by atoms with Gasteiger partial charge in [0.05, 0.1) is 0 Å². The third-order valence-corrected chi connectivity index (χ3v) is 3.28. The van der Waals surface area contributed by atoms with E-state index in [0.717, 1.165) is 25.7 Å². The molecule has 0 aromatic rings. The van der Waals surface area contributed by atoms with Gasteiger partial charge in [-0.1, -0.05) is 13.3 Å². The zero-order valence-electron chi connectivity index (χ0n) is 7.72. The van der Waals surface area contributed by atoms with Gasteiger partial charge in [0.2, 0.25) is 0 Å². The fourth-order valence-electron chi connectivity index (χ4n) is 0.934. The molecule has 0 saturated carbocycles. The highest BCUT2D eigenvalue weighted by Gasteiger charge is 2.04. The quantitative estimate of drug-likeness (QED) is 0.500. The molecule has 0 bridgehead atoms. The van der Waals surface area contributed by atoms with E-state index in [9.17, 15) is 8.42 Å². The van der Waals surface area contributed by atoms with E-state index in [0.29, 0.717) is 5.75 Å². The number of hydrogen-bond donors (Lipinski definition) is 0. The first-order valence-electron chi connectivity index (χ1n) is 4.27. The molecule has 0 aliphatic rings. The van der Waals surface area contributed by atoms with Gasteiger partial charge in [-0.15, -0.1) is 11.6 Å². The minimum atomic E-state index is -2.77. The fraction of sp³-hybridized carbons (Fsp3) is 1.00. The van der Waals surface area contributed by atoms with Crippen molar-refractivity contribution in [2.75, 3.05) is 12.0 Å². The molecule has 0 aliphatic heterocycles. The van der Waals surface area contributed by atoms with Gasteiger partial charge >= 0.3 is 0 Å². The molecule has 1 atom stereocenters. The SMILES string of the molecule is CCC(Cl)CCCCS(C)(=O)=O. The Kier molecular flexibility index (Phi) is 5.93. The van der Waals surface area contributed by atoms with Crippen LogP contribution in [0.1, 0.15) is 32.6 Å². The molecule has 0 radical (unpaired) electrons. The summed E-state index contributed by atoms with van der Waals surface area (Å²) in [5.41, 5.74) is 0. The highest BCUT2D eigenvalue weighted by atomic mass is 35.5. The number of alkyl halides is 1. The molecule has 0 aliphatic carbocycles. The molecule has 0 spiro atoms. The van der Waals surface area contributed by atoms with Crippen LogP contribution in [0.5, 0.6) is 0 Å². The van der Waals surface area contributed by atoms with Gasteiger partial charge < -0.3 is 0 Å². The van der Waals surface area contributed by atoms with Crippen molar-refractivity contribution in [2.24, 2.45) is 0 Å². The lowest BCUT2D eigenvalue weighted by molar-refractivity contribution is 0.593. The van der Waals surface area contributed by atoms with Gasteiger partial charge in [0, 0.05) is 17.4 Å². The molecule has 2 nitrogen and oxygen atoms in total. The van der Waals surface area contributed by atoms with Crippen LogP contribution in [-0.4, -0.2) is 25.8 Å². The van der Waals surface area contributed by atoms with E-state index in [4.69, 9.17) is 11.6 Å². The van der Waals surface area contributed by atoms with Crippen LogP contribution in [0.3, 0.4) is 0 Å². The zero-order valence-corrected chi connectivity index (χ0v) is 9.29. The van der Waals surface area contributed by atoms with Crippen molar-refractivity contribution in [1.82, 2.24) is 0 Å². The fourth-order valence-corrected chi connectivity index (χ4v) is 1.82. The number of sulfone groups is 1. The summed E-state index contributed by atoms with van der Waals surface area (Å²) in [5, 5.41) is 0.213. The number of hydrogen-bond acceptors (Lipinski definition) is 2. The Bertz CT molecular complexity index is 199. The summed E-state index contributed by atoms with van der Waals surface area (Å²) in [7, 11) is -2.77. The number of rotatable bonds is 6. The van der Waals surface area contributed by atoms with Crippen LogP contribution in [-0.2, 0) is 9.84 Å². The van der Waals surface area contributed by atoms with Crippen LogP contribution in [0.2, 0.25) is 0 Å². The second-order valence-corrected chi connectivity index (χ2v) is 6.01. The highest BCUT2D eigenvalue weighted by molar-refractivity contribution is 7.90. The summed E-state index contributed by atoms with van der Waals surface area (Å²) in [6.45, 7) is 2.04. The van der Waals surface area contributed by atoms with Crippen molar-refractivity contribution >= 4 is 21.4 Å². The largest absolute Gasteiger partial charge is 0.229 e. The maximum Gasteiger partial charge on any atom is 0.147 e. The Balaban J connectivity index is 3.34. The van der Waals surface area contributed by atoms with Crippen molar-refractivity contribution < 1.29 is 8.42 Å². The second-order valence-electron chi connectivity index (χ2n) is 3.13. The average Bonchev–Trinajstić information content (AvgIpc) is 1.96. The first-order chi connectivity index (χ1) is 5.45. The van der Waals surface area contributed by atoms with Gasteiger partial charge in [-0.3, -0.25) is 0 Å². The van der Waals surface area contributed by atoms with E-state index in [-0.39, 0.29) is 5.38 Å². The Morgan fingerprint density at radius 1 is 1.33 bits per heavy atom. The van der Waals surface area contributed by atoms with E-state index in [2.05, 4.69) is 0 Å². The van der Waals surface area contributed by atoms with Crippen molar-refractivity contribution in [2.45, 2.75) is 38.0 Å². The standard InChI is InChI=1S/C8H17ClO2S/c1-3-8(9)6-4-5-7-12(2,10)11/h8H,3-7H2,1-2H3. The topological polar surface area (TPSA) is 34.1 Å². The molecule has 0 rings (SSSR count). The second kappa shape index (κ2) is 5.81. The monoisotopic (exact) mass is 212 g/mol. The van der Waals surface area contributed by atoms with E-state index in [1.807, 2.05) is 6.92 Å². The van der Waals surface area contributed by atoms with Gasteiger partial charge in [0.1, 0.15) is 9.84 Å². The van der Waals surface area contributed by atoms with E-state index in [1.165, 1.54) is 6.26 Å². The third kappa shape index (κ3) is 8.34. The molecule has 0 aromatic carbocycles. The van der Waals surface area contributed by atoms with Gasteiger partial charge in [0.15, 0.2) is 0 Å². The van der Waals surface area contributed by atoms with E-state index < -0.39 is 9.84 Å². The van der Waals surface area contributed by atoms with Crippen LogP contribution in [0, 0.1) is 0 Å². The average molecular weight is 213 g/mol. The normalized spacial score (nSPS) is 14.6. The molecule has 0 heterocycles. The number of unbranched alkanes of at least 4 members (excludes halogenated alkanes) is 1. The zero-order chi connectivity index (χ0) is 9.61. The van der Waals surface area contributed by atoms with Crippen LogP contribution < -0.4 is 0 Å². The minimum absolute atomic E-state index is 0.213. The Hall–Kier alpha value is 0.240. The predicted molar refractivity (Wildman–Crippen MR) is 53.5 cm³/mol. The van der Waals surface area contributed by atoms with Gasteiger partial charge in [-0.25, -0.2) is 8.42 Å². The molecule has 0 amide bonds. The molecule has 4 heteroatoms. The summed E-state index contributed by atoms with van der Waals surface area (Å²) in [6, 6.07) is 0. The predicted octanol–water partition coefficient (Wildman–Crippen LogP) is 2.22. The van der Waals surface area contributed by atoms with Crippen molar-refractivity contribution in [3.05, 3.63) is 0 Å². The Morgan fingerprint density at radius 3 is 2.33 bits per heavy atom. The molecule has 0 fully saturated rings. The van der Waals surface area contributed by atoms with E-state index >= 15 is 0 Å². The van der Waals surface area contributed by atoms with Gasteiger partial charge in [0.25, 0.3) is 0 Å². The lowest BCUT2D eigenvalue weighted by Gasteiger charge is -2.04. The van der Waals surface area contributed by atoms with Crippen molar-refractivity contribution in [3.63, 3.8) is 0 Å². The van der Waals surface area contributed by atoms with E-state index in [1.54, 1.807) is 0 Å². The third-order valence-electron chi connectivity index (χ3n) is 1.73. The van der Waals surface area contributed by atoms with Gasteiger partial charge in [-0.05, 0) is 19.3 Å². The molecular formula is C8H17ClO2S. The molecular weight excluding hydrogens is 196 g/mol. The first kappa shape index (κ1) is 12.2. The Labute approximate surface area is 80.2 Å². The molecule has 12 heavy (non-hydrogen) atoms. The van der Waals surface area contributed by atoms with Gasteiger partial charge in [-0.2, -0.15) is 0 Å². The molecule has 1 unspecified atom stereocenters. The molecule has 0 aromatic heterocycles. The van der Waals surface area contributed by atoms with Crippen LogP contribution >= 0.6 is 11.6 Å². The van der Waals surface area contributed by atoms with Crippen LogP contribution in [0.15, 0.2) is 0 Å². The highest BCUT2D eigenvalue weighted by Crippen LogP contribution is 2.11. The number of halogens is 1. The summed E-state index contributed by atoms with van der Waals surface area (Å²) in [5.74, 6) is 0.292. The maximum atomic E-state index is 10.7.